The van der Waals surface area contributed by atoms with E-state index in [9.17, 15) is 27.5 Å². The molecular weight excluding hydrogens is 406 g/mol. The molecule has 0 bridgehead atoms. The minimum atomic E-state index is -5.47. The molecule has 9 heteroatoms. The van der Waals surface area contributed by atoms with Crippen LogP contribution in [0, 0.1) is 0 Å². The number of nitrogens with zero attached hydrogens (tertiary/aromatic N) is 1. The van der Waals surface area contributed by atoms with Crippen molar-refractivity contribution in [3.8, 4) is 11.5 Å². The molecule has 0 aliphatic carbocycles. The summed E-state index contributed by atoms with van der Waals surface area (Å²) < 4.78 is 63.0. The second-order valence-electron chi connectivity index (χ2n) is 6.95. The van der Waals surface area contributed by atoms with Gasteiger partial charge in [0.05, 0.1) is 14.2 Å². The minimum Gasteiger partial charge on any atom is -0.493 e. The van der Waals surface area contributed by atoms with Gasteiger partial charge in [-0.3, -0.25) is 4.79 Å². The maximum Gasteiger partial charge on any atom is 0.453 e. The molecule has 1 amide bonds. The zero-order chi connectivity index (χ0) is 22.1. The van der Waals surface area contributed by atoms with Crippen LogP contribution in [0.2, 0.25) is 0 Å². The number of carbonyl (C=O) groups excluding carboxylic acids is 1. The normalized spacial score (nSPS) is 16.3. The van der Waals surface area contributed by atoms with Crippen molar-refractivity contribution in [1.29, 1.82) is 0 Å². The molecule has 0 saturated heterocycles. The number of fused-ring (bicyclic) bond motifs is 1. The number of alkyl halides is 4. The predicted molar refractivity (Wildman–Crippen MR) is 102 cm³/mol. The molecule has 5 nitrogen and oxygen atoms in total. The quantitative estimate of drug-likeness (QED) is 0.737. The average molecular weight is 427 g/mol. The largest absolute Gasteiger partial charge is 0.493 e. The molecule has 0 aromatic heterocycles. The number of hydrogen-bond acceptors (Lipinski definition) is 4. The van der Waals surface area contributed by atoms with Gasteiger partial charge in [0.2, 0.25) is 0 Å². The molecule has 3 rings (SSSR count). The Balaban J connectivity index is 2.00. The van der Waals surface area contributed by atoms with Crippen LogP contribution in [-0.4, -0.2) is 38.0 Å². The molecule has 30 heavy (non-hydrogen) atoms. The molecule has 2 aromatic carbocycles. The van der Waals surface area contributed by atoms with Crippen LogP contribution in [0.25, 0.3) is 0 Å². The van der Waals surface area contributed by atoms with E-state index in [0.29, 0.717) is 54.1 Å². The van der Waals surface area contributed by atoms with Gasteiger partial charge in [0, 0.05) is 23.4 Å². The number of benzene rings is 2. The van der Waals surface area contributed by atoms with Crippen molar-refractivity contribution in [3.63, 3.8) is 0 Å². The van der Waals surface area contributed by atoms with Crippen LogP contribution in [-0.2, 0) is 12.3 Å². The third-order valence-electron chi connectivity index (χ3n) is 5.08. The Kier molecular flexibility index (Phi) is 5.94. The van der Waals surface area contributed by atoms with Crippen molar-refractivity contribution in [1.82, 2.24) is 0 Å². The Labute approximate surface area is 170 Å². The Bertz CT molecular complexity index is 943. The van der Waals surface area contributed by atoms with Crippen molar-refractivity contribution in [3.05, 3.63) is 53.1 Å². The molecule has 1 atom stereocenters. The third-order valence-corrected chi connectivity index (χ3v) is 5.08. The summed E-state index contributed by atoms with van der Waals surface area (Å²) >= 11 is 0. The maximum atomic E-state index is 14.0. The fourth-order valence-electron chi connectivity index (χ4n) is 3.46. The molecule has 1 unspecified atom stereocenters. The van der Waals surface area contributed by atoms with Crippen molar-refractivity contribution in [2.75, 3.05) is 25.7 Å². The first kappa shape index (κ1) is 21.9. The van der Waals surface area contributed by atoms with Crippen LogP contribution in [0.4, 0.5) is 23.2 Å². The van der Waals surface area contributed by atoms with Crippen LogP contribution in [0.15, 0.2) is 36.4 Å². The lowest BCUT2D eigenvalue weighted by molar-refractivity contribution is -0.323. The van der Waals surface area contributed by atoms with E-state index in [1.54, 1.807) is 12.1 Å². The fourth-order valence-corrected chi connectivity index (χ4v) is 3.46. The Hall–Kier alpha value is -2.81. The highest BCUT2D eigenvalue weighted by molar-refractivity contribution is 6.07. The zero-order valence-corrected chi connectivity index (χ0v) is 16.4. The lowest BCUT2D eigenvalue weighted by Gasteiger charge is -2.26. The number of ether oxygens (including phenoxy) is 2. The van der Waals surface area contributed by atoms with Gasteiger partial charge >= 0.3 is 12.0 Å². The zero-order valence-electron chi connectivity index (χ0n) is 16.4. The summed E-state index contributed by atoms with van der Waals surface area (Å²) in [6, 6.07) is 7.73. The fraction of sp³-hybridized carbons (Fsp3) is 0.381. The van der Waals surface area contributed by atoms with E-state index in [4.69, 9.17) is 9.47 Å². The van der Waals surface area contributed by atoms with E-state index in [1.807, 2.05) is 0 Å². The van der Waals surface area contributed by atoms with E-state index in [1.165, 1.54) is 31.3 Å². The Morgan fingerprint density at radius 2 is 1.70 bits per heavy atom. The highest BCUT2D eigenvalue weighted by atomic mass is 19.4. The van der Waals surface area contributed by atoms with Gasteiger partial charge in [0.25, 0.3) is 5.91 Å². The van der Waals surface area contributed by atoms with E-state index in [-0.39, 0.29) is 5.91 Å². The first-order valence-electron chi connectivity index (χ1n) is 9.25. The lowest BCUT2D eigenvalue weighted by atomic mass is 9.99. The van der Waals surface area contributed by atoms with Crippen LogP contribution >= 0.6 is 0 Å². The van der Waals surface area contributed by atoms with Crippen molar-refractivity contribution in [2.45, 2.75) is 31.3 Å². The second-order valence-corrected chi connectivity index (χ2v) is 6.95. The standard InChI is InChI=1S/C21H21F4NO4/c1-29-17-9-6-14(12-18(17)30-2)19(27)26-10-4-3-5-13-11-15(7-8-16(13)26)20(22,28)21(23,24)25/h6-9,11-12,28H,3-5,10H2,1-2H3. The Morgan fingerprint density at radius 1 is 1.00 bits per heavy atom. The summed E-state index contributed by atoms with van der Waals surface area (Å²) in [5.41, 5.74) is 0.143. The Morgan fingerprint density at radius 3 is 2.33 bits per heavy atom. The molecule has 1 heterocycles. The summed E-state index contributed by atoms with van der Waals surface area (Å²) in [5.74, 6) is -4.03. The number of rotatable bonds is 4. The van der Waals surface area contributed by atoms with Gasteiger partial charge in [-0.15, -0.1) is 0 Å². The molecule has 2 aromatic rings. The van der Waals surface area contributed by atoms with Crippen molar-refractivity contribution >= 4 is 11.6 Å². The number of anilines is 1. The molecule has 0 radical (unpaired) electrons. The summed E-state index contributed by atoms with van der Waals surface area (Å²) in [6.07, 6.45) is -3.90. The smallest absolute Gasteiger partial charge is 0.453 e. The number of carbonyl (C=O) groups is 1. The monoisotopic (exact) mass is 427 g/mol. The van der Waals surface area contributed by atoms with Crippen LogP contribution < -0.4 is 14.4 Å². The third kappa shape index (κ3) is 3.94. The van der Waals surface area contributed by atoms with E-state index >= 15 is 0 Å². The molecular formula is C21H21F4NO4. The number of methoxy groups -OCH3 is 2. The number of amides is 1. The van der Waals surface area contributed by atoms with Crippen molar-refractivity contribution < 1.29 is 36.9 Å². The minimum absolute atomic E-state index is 0.307. The number of aliphatic hydroxyl groups is 1. The van der Waals surface area contributed by atoms with Gasteiger partial charge in [0.1, 0.15) is 0 Å². The summed E-state index contributed by atoms with van der Waals surface area (Å²) in [7, 11) is 2.91. The number of halogens is 4. The highest BCUT2D eigenvalue weighted by Gasteiger charge is 2.56. The average Bonchev–Trinajstić information content (AvgIpc) is 2.93. The van der Waals surface area contributed by atoms with Gasteiger partial charge < -0.3 is 19.5 Å². The molecule has 0 saturated carbocycles. The number of aryl methyl sites for hydroxylation is 1. The predicted octanol–water partition coefficient (Wildman–Crippen LogP) is 4.36. The van der Waals surface area contributed by atoms with E-state index < -0.39 is 17.6 Å². The van der Waals surface area contributed by atoms with Crippen molar-refractivity contribution in [2.24, 2.45) is 0 Å². The SMILES string of the molecule is COc1ccc(C(=O)N2CCCCc3cc(C(O)(F)C(F)(F)F)ccc32)cc1OC. The molecule has 1 aliphatic rings. The van der Waals surface area contributed by atoms with Crippen LogP contribution in [0.5, 0.6) is 11.5 Å². The van der Waals surface area contributed by atoms with Gasteiger partial charge in [-0.2, -0.15) is 17.6 Å². The van der Waals surface area contributed by atoms with Crippen LogP contribution in [0.1, 0.15) is 34.3 Å². The summed E-state index contributed by atoms with van der Waals surface area (Å²) in [6.45, 7) is 0.346. The van der Waals surface area contributed by atoms with Gasteiger partial charge in [0.15, 0.2) is 11.5 Å². The topological polar surface area (TPSA) is 59.0 Å². The molecule has 1 N–H and O–H groups in total. The summed E-state index contributed by atoms with van der Waals surface area (Å²) in [5, 5.41) is 9.36. The van der Waals surface area contributed by atoms with Gasteiger partial charge in [-0.1, -0.05) is 6.07 Å². The molecule has 0 spiro atoms. The summed E-state index contributed by atoms with van der Waals surface area (Å²) in [4.78, 5) is 14.6. The van der Waals surface area contributed by atoms with E-state index in [0.717, 1.165) is 12.1 Å². The molecule has 1 aliphatic heterocycles. The lowest BCUT2D eigenvalue weighted by Crippen LogP contribution is -2.38. The maximum absolute atomic E-state index is 14.0. The first-order valence-corrected chi connectivity index (χ1v) is 9.25. The van der Waals surface area contributed by atoms with Gasteiger partial charge in [-0.25, -0.2) is 0 Å². The van der Waals surface area contributed by atoms with Gasteiger partial charge in [-0.05, 0) is 55.2 Å². The molecule has 0 fully saturated rings. The second kappa shape index (κ2) is 8.14. The van der Waals surface area contributed by atoms with E-state index in [2.05, 4.69) is 0 Å². The molecule has 162 valence electrons. The highest BCUT2D eigenvalue weighted by Crippen LogP contribution is 2.42. The van der Waals surface area contributed by atoms with Crippen LogP contribution in [0.3, 0.4) is 0 Å². The number of hydrogen-bond donors (Lipinski definition) is 1. The first-order chi connectivity index (χ1) is 14.1.